The number of rotatable bonds is 8. The van der Waals surface area contributed by atoms with Gasteiger partial charge in [0.1, 0.15) is 11.6 Å². The molecule has 0 spiro atoms. The summed E-state index contributed by atoms with van der Waals surface area (Å²) in [6.07, 6.45) is 0. The summed E-state index contributed by atoms with van der Waals surface area (Å²) in [7, 11) is 1.55. The second kappa shape index (κ2) is 8.60. The van der Waals surface area contributed by atoms with Gasteiger partial charge in [0.15, 0.2) is 6.61 Å². The van der Waals surface area contributed by atoms with Crippen molar-refractivity contribution < 1.29 is 19.0 Å². The molecule has 2 rings (SSSR count). The van der Waals surface area contributed by atoms with Crippen molar-refractivity contribution in [3.63, 3.8) is 0 Å². The first-order valence-corrected chi connectivity index (χ1v) is 8.03. The van der Waals surface area contributed by atoms with E-state index in [9.17, 15) is 14.3 Å². The van der Waals surface area contributed by atoms with Gasteiger partial charge in [0.05, 0.1) is 5.60 Å². The fourth-order valence-electron chi connectivity index (χ4n) is 2.36. The highest BCUT2D eigenvalue weighted by Gasteiger charge is 2.22. The van der Waals surface area contributed by atoms with E-state index in [2.05, 4.69) is 10.6 Å². The molecule has 0 bridgehead atoms. The average molecular weight is 346 g/mol. The maximum Gasteiger partial charge on any atom is 0.257 e. The van der Waals surface area contributed by atoms with Gasteiger partial charge in [-0.2, -0.15) is 0 Å². The van der Waals surface area contributed by atoms with E-state index in [0.717, 1.165) is 5.56 Å². The maximum absolute atomic E-state index is 13.0. The van der Waals surface area contributed by atoms with Crippen LogP contribution in [0, 0.1) is 5.82 Å². The smallest absolute Gasteiger partial charge is 0.257 e. The molecule has 0 heterocycles. The highest BCUT2D eigenvalue weighted by molar-refractivity contribution is 5.77. The number of carbonyl (C=O) groups excluding carboxylic acids is 1. The molecule has 2 aromatic rings. The highest BCUT2D eigenvalue weighted by atomic mass is 19.1. The van der Waals surface area contributed by atoms with Crippen molar-refractivity contribution >= 4 is 5.91 Å². The molecule has 0 aliphatic carbocycles. The molecule has 0 saturated carbocycles. The minimum atomic E-state index is -1.13. The van der Waals surface area contributed by atoms with E-state index < -0.39 is 5.60 Å². The second-order valence-corrected chi connectivity index (χ2v) is 5.95. The molecule has 0 aliphatic heterocycles. The van der Waals surface area contributed by atoms with Crippen LogP contribution in [0.5, 0.6) is 5.75 Å². The van der Waals surface area contributed by atoms with Gasteiger partial charge >= 0.3 is 0 Å². The second-order valence-electron chi connectivity index (χ2n) is 5.95. The number of carbonyl (C=O) groups is 1. The fourth-order valence-corrected chi connectivity index (χ4v) is 2.36. The normalized spacial score (nSPS) is 13.1. The zero-order chi connectivity index (χ0) is 18.3. The Morgan fingerprint density at radius 2 is 1.88 bits per heavy atom. The largest absolute Gasteiger partial charge is 0.483 e. The average Bonchev–Trinajstić information content (AvgIpc) is 2.60. The van der Waals surface area contributed by atoms with Crippen LogP contribution in [-0.2, 0) is 16.9 Å². The predicted octanol–water partition coefficient (Wildman–Crippen LogP) is 1.95. The first-order chi connectivity index (χ1) is 11.9. The van der Waals surface area contributed by atoms with Crippen LogP contribution in [0.1, 0.15) is 18.1 Å². The van der Waals surface area contributed by atoms with Gasteiger partial charge in [0, 0.05) is 25.7 Å². The third-order valence-electron chi connectivity index (χ3n) is 3.86. The van der Waals surface area contributed by atoms with Crippen LogP contribution in [0.3, 0.4) is 0 Å². The molecule has 0 radical (unpaired) electrons. The Hall–Kier alpha value is -2.44. The van der Waals surface area contributed by atoms with Crippen LogP contribution >= 0.6 is 0 Å². The number of aliphatic hydroxyl groups is 1. The van der Waals surface area contributed by atoms with Crippen LogP contribution in [0.4, 0.5) is 4.39 Å². The van der Waals surface area contributed by atoms with Crippen molar-refractivity contribution in [2.45, 2.75) is 19.1 Å². The molecule has 0 aromatic heterocycles. The minimum absolute atomic E-state index is 0.0548. The van der Waals surface area contributed by atoms with Crippen LogP contribution in [0.15, 0.2) is 48.5 Å². The lowest BCUT2D eigenvalue weighted by Crippen LogP contribution is -2.35. The summed E-state index contributed by atoms with van der Waals surface area (Å²) in [6.45, 7) is 2.35. The third kappa shape index (κ3) is 5.55. The molecule has 1 amide bonds. The summed E-state index contributed by atoms with van der Waals surface area (Å²) in [5.74, 6) is 0.0664. The monoisotopic (exact) mass is 346 g/mol. The Kier molecular flexibility index (Phi) is 6.50. The molecule has 25 heavy (non-hydrogen) atoms. The molecule has 5 nitrogen and oxygen atoms in total. The van der Waals surface area contributed by atoms with Crippen molar-refractivity contribution in [1.29, 1.82) is 0 Å². The summed E-state index contributed by atoms with van der Waals surface area (Å²) < 4.78 is 18.5. The summed E-state index contributed by atoms with van der Waals surface area (Å²) in [4.78, 5) is 11.3. The zero-order valence-corrected chi connectivity index (χ0v) is 14.4. The summed E-state index contributed by atoms with van der Waals surface area (Å²) in [6, 6.07) is 13.2. The lowest BCUT2D eigenvalue weighted by Gasteiger charge is -2.24. The third-order valence-corrected chi connectivity index (χ3v) is 3.86. The molecule has 0 saturated heterocycles. The topological polar surface area (TPSA) is 70.6 Å². The van der Waals surface area contributed by atoms with E-state index in [1.54, 1.807) is 32.2 Å². The van der Waals surface area contributed by atoms with Gasteiger partial charge in [0.2, 0.25) is 0 Å². The first-order valence-electron chi connectivity index (χ1n) is 8.03. The summed E-state index contributed by atoms with van der Waals surface area (Å²) in [5, 5.41) is 16.2. The molecular formula is C19H23FN2O3. The predicted molar refractivity (Wildman–Crippen MR) is 93.7 cm³/mol. The Balaban J connectivity index is 1.94. The number of nitrogens with one attached hydrogen (secondary N) is 2. The Morgan fingerprint density at radius 1 is 1.20 bits per heavy atom. The van der Waals surface area contributed by atoms with Gasteiger partial charge in [-0.25, -0.2) is 4.39 Å². The Morgan fingerprint density at radius 3 is 2.56 bits per heavy atom. The van der Waals surface area contributed by atoms with Gasteiger partial charge in [-0.1, -0.05) is 30.3 Å². The van der Waals surface area contributed by atoms with E-state index in [-0.39, 0.29) is 24.9 Å². The van der Waals surface area contributed by atoms with E-state index in [1.165, 1.54) is 12.1 Å². The number of hydrogen-bond acceptors (Lipinski definition) is 4. The molecule has 1 unspecified atom stereocenters. The molecular weight excluding hydrogens is 323 g/mol. The molecule has 6 heteroatoms. The minimum Gasteiger partial charge on any atom is -0.483 e. The number of para-hydroxylation sites is 1. The molecule has 2 aromatic carbocycles. The van der Waals surface area contributed by atoms with Gasteiger partial charge < -0.3 is 20.5 Å². The molecule has 134 valence electrons. The van der Waals surface area contributed by atoms with Crippen molar-refractivity contribution in [3.05, 3.63) is 65.5 Å². The van der Waals surface area contributed by atoms with Crippen molar-refractivity contribution in [2.24, 2.45) is 0 Å². The molecule has 0 fully saturated rings. The van der Waals surface area contributed by atoms with E-state index in [1.807, 2.05) is 18.2 Å². The van der Waals surface area contributed by atoms with Gasteiger partial charge in [-0.3, -0.25) is 4.79 Å². The number of likely N-dealkylation sites (N-methyl/N-ethyl adjacent to an activating group) is 1. The summed E-state index contributed by atoms with van der Waals surface area (Å²) >= 11 is 0. The standard InChI is InChI=1S/C19H23FN2O3/c1-19(24,15-7-9-16(20)10-8-15)13-22-11-14-5-3-4-6-17(14)25-12-18(23)21-2/h3-10,22,24H,11-13H2,1-2H3,(H,21,23). The van der Waals surface area contributed by atoms with Crippen molar-refractivity contribution in [3.8, 4) is 5.75 Å². The highest BCUT2D eigenvalue weighted by Crippen LogP contribution is 2.21. The molecule has 0 aliphatic rings. The van der Waals surface area contributed by atoms with Gasteiger partial charge in [0.25, 0.3) is 5.91 Å². The molecule has 1 atom stereocenters. The SMILES string of the molecule is CNC(=O)COc1ccccc1CNCC(C)(O)c1ccc(F)cc1. The number of hydrogen-bond donors (Lipinski definition) is 3. The molecule has 3 N–H and O–H groups in total. The van der Waals surface area contributed by atoms with Crippen LogP contribution in [-0.4, -0.2) is 31.2 Å². The fraction of sp³-hybridized carbons (Fsp3) is 0.316. The van der Waals surface area contributed by atoms with Crippen LogP contribution in [0.2, 0.25) is 0 Å². The van der Waals surface area contributed by atoms with Crippen LogP contribution < -0.4 is 15.4 Å². The van der Waals surface area contributed by atoms with Crippen molar-refractivity contribution in [1.82, 2.24) is 10.6 Å². The lowest BCUT2D eigenvalue weighted by molar-refractivity contribution is -0.122. The van der Waals surface area contributed by atoms with E-state index in [4.69, 9.17) is 4.74 Å². The number of amides is 1. The number of ether oxygens (including phenoxy) is 1. The van der Waals surface area contributed by atoms with E-state index in [0.29, 0.717) is 17.9 Å². The van der Waals surface area contributed by atoms with Crippen LogP contribution in [0.25, 0.3) is 0 Å². The maximum atomic E-state index is 13.0. The van der Waals surface area contributed by atoms with Gasteiger partial charge in [-0.15, -0.1) is 0 Å². The summed E-state index contributed by atoms with van der Waals surface area (Å²) in [5.41, 5.74) is 0.373. The number of halogens is 1. The Labute approximate surface area is 146 Å². The van der Waals surface area contributed by atoms with E-state index >= 15 is 0 Å². The van der Waals surface area contributed by atoms with Gasteiger partial charge in [-0.05, 0) is 30.7 Å². The first kappa shape index (κ1) is 18.9. The quantitative estimate of drug-likeness (QED) is 0.683. The van der Waals surface area contributed by atoms with Crippen molar-refractivity contribution in [2.75, 3.05) is 20.2 Å². The number of benzene rings is 2. The lowest BCUT2D eigenvalue weighted by atomic mass is 9.96. The Bertz CT molecular complexity index is 702. The zero-order valence-electron chi connectivity index (χ0n) is 14.4.